The summed E-state index contributed by atoms with van der Waals surface area (Å²) in [5, 5.41) is 76.2. The van der Waals surface area contributed by atoms with Gasteiger partial charge < -0.3 is 74.0 Å². The van der Waals surface area contributed by atoms with E-state index in [0.717, 1.165) is 6.42 Å². The minimum absolute atomic E-state index is 0.0179. The Balaban J connectivity index is 1.10. The molecule has 20 nitrogen and oxygen atoms in total. The zero-order chi connectivity index (χ0) is 65.8. The van der Waals surface area contributed by atoms with E-state index in [2.05, 4.69) is 12.2 Å². The number of halogens is 2. The van der Waals surface area contributed by atoms with Gasteiger partial charge in [0, 0.05) is 80.1 Å². The zero-order valence-electron chi connectivity index (χ0n) is 55.6. The van der Waals surface area contributed by atoms with Crippen LogP contribution in [0.2, 0.25) is 0 Å². The number of alkyl halides is 1. The molecule has 2 heterocycles. The first-order valence-corrected chi connectivity index (χ1v) is 32.5. The fourth-order valence-corrected chi connectivity index (χ4v) is 17.7. The maximum atomic E-state index is 18.0. The maximum absolute atomic E-state index is 18.0. The van der Waals surface area contributed by atoms with Gasteiger partial charge in [0.2, 0.25) is 5.60 Å². The summed E-state index contributed by atoms with van der Waals surface area (Å²) in [7, 11) is 6.49. The SMILES string of the molecule is CC[C@H]1OC(=O)[C@H](C)[C@@H](OC2C[C@@](C)(OC)[C@@H](O)[C@H](C)O2)[C@H](C)C(O[C@@H]2C[C@H](C)C[C@H](N(C)C)[C@H]2O)[C@](C)(O)C[C@@H](C)CN(CCCNCCC(=O)O[C@]2(C(=O)OC)[C@H](C)CC3C4CC(F)=C5CC(=O)C=C[C@]5(C)[C@@]4(F)[C@@H](O)C[C@@]32C)[C@H](C)[C@@H](O)[C@]1(C)O. The van der Waals surface area contributed by atoms with Crippen LogP contribution in [0.25, 0.3) is 0 Å². The molecule has 7 rings (SSSR count). The van der Waals surface area contributed by atoms with Gasteiger partial charge in [-0.15, -0.1) is 0 Å². The van der Waals surface area contributed by atoms with Crippen LogP contribution in [0.4, 0.5) is 8.78 Å². The first-order valence-electron chi connectivity index (χ1n) is 32.5. The summed E-state index contributed by atoms with van der Waals surface area (Å²) in [5.41, 5.74) is -12.1. The van der Waals surface area contributed by atoms with Crippen LogP contribution < -0.4 is 5.32 Å². The number of carbonyl (C=O) groups excluding carboxylic acids is 4. The molecule has 2 aliphatic heterocycles. The molecule has 0 bridgehead atoms. The monoisotopic (exact) mass is 1250 g/mol. The van der Waals surface area contributed by atoms with Crippen LogP contribution in [0.15, 0.2) is 23.6 Å². The highest BCUT2D eigenvalue weighted by atomic mass is 19.1. The van der Waals surface area contributed by atoms with Crippen LogP contribution in [0, 0.1) is 52.3 Å². The fourth-order valence-electron chi connectivity index (χ4n) is 17.7. The molecule has 0 amide bonds. The predicted octanol–water partition coefficient (Wildman–Crippen LogP) is 5.67. The van der Waals surface area contributed by atoms with Crippen molar-refractivity contribution in [3.8, 4) is 0 Å². The smallest absolute Gasteiger partial charge is 0.351 e. The number of carbonyl (C=O) groups is 4. The number of hydrogen-bond acceptors (Lipinski definition) is 20. The van der Waals surface area contributed by atoms with Crippen molar-refractivity contribution in [2.75, 3.05) is 54.5 Å². The number of ketones is 1. The molecular weight excluding hydrogens is 1140 g/mol. The molecule has 2 saturated heterocycles. The molecule has 88 heavy (non-hydrogen) atoms. The van der Waals surface area contributed by atoms with E-state index in [-0.39, 0.29) is 80.7 Å². The lowest BCUT2D eigenvalue weighted by Crippen LogP contribution is -2.70. The Labute approximate surface area is 521 Å². The second-order valence-electron chi connectivity index (χ2n) is 29.4. The molecule has 7 aliphatic rings. The molecule has 5 aliphatic carbocycles. The first kappa shape index (κ1) is 72.3. The normalized spacial score (nSPS) is 47.3. The Hall–Kier alpha value is -3.10. The number of allylic oxidation sites excluding steroid dienone is 4. The topological polar surface area (TPSA) is 273 Å². The molecule has 5 fully saturated rings. The number of hydrogen-bond donors (Lipinski definition) is 7. The Morgan fingerprint density at radius 2 is 1.55 bits per heavy atom. The quantitative estimate of drug-likeness (QED) is 0.0557. The largest absolute Gasteiger partial charge is 0.466 e. The molecule has 3 saturated carbocycles. The van der Waals surface area contributed by atoms with Gasteiger partial charge >= 0.3 is 17.9 Å². The number of methoxy groups -OCH3 is 2. The molecule has 504 valence electrons. The molecule has 0 aromatic heterocycles. The highest BCUT2D eigenvalue weighted by Crippen LogP contribution is 2.72. The van der Waals surface area contributed by atoms with E-state index in [1.54, 1.807) is 55.4 Å². The van der Waals surface area contributed by atoms with Crippen LogP contribution in [0.3, 0.4) is 0 Å². The molecule has 7 N–H and O–H groups in total. The van der Waals surface area contributed by atoms with E-state index in [0.29, 0.717) is 32.5 Å². The number of aliphatic hydroxyl groups is 6. The van der Waals surface area contributed by atoms with Crippen molar-refractivity contribution >= 4 is 23.7 Å². The maximum Gasteiger partial charge on any atom is 0.351 e. The van der Waals surface area contributed by atoms with Crippen LogP contribution in [-0.4, -0.2) is 220 Å². The summed E-state index contributed by atoms with van der Waals surface area (Å²) in [6, 6.07) is -0.998. The molecule has 0 spiro atoms. The number of cyclic esters (lactones) is 1. The van der Waals surface area contributed by atoms with Crippen molar-refractivity contribution in [2.45, 2.75) is 262 Å². The van der Waals surface area contributed by atoms with E-state index >= 15 is 8.78 Å². The molecule has 4 unspecified atom stereocenters. The molecule has 0 aromatic carbocycles. The van der Waals surface area contributed by atoms with Gasteiger partial charge in [0.25, 0.3) is 0 Å². The Kier molecular flexibility index (Phi) is 22.6. The predicted molar refractivity (Wildman–Crippen MR) is 322 cm³/mol. The van der Waals surface area contributed by atoms with Crippen molar-refractivity contribution in [3.63, 3.8) is 0 Å². The Morgan fingerprint density at radius 1 is 0.875 bits per heavy atom. The van der Waals surface area contributed by atoms with Crippen LogP contribution in [0.5, 0.6) is 0 Å². The average molecular weight is 1250 g/mol. The van der Waals surface area contributed by atoms with Crippen LogP contribution >= 0.6 is 0 Å². The zero-order valence-corrected chi connectivity index (χ0v) is 55.6. The van der Waals surface area contributed by atoms with E-state index in [9.17, 15) is 49.8 Å². The van der Waals surface area contributed by atoms with Crippen molar-refractivity contribution in [1.29, 1.82) is 0 Å². The highest BCUT2D eigenvalue weighted by molar-refractivity contribution is 5.94. The Bertz CT molecular complexity index is 2540. The third kappa shape index (κ3) is 13.2. The van der Waals surface area contributed by atoms with Crippen LogP contribution in [-0.2, 0) is 52.3 Å². The third-order valence-corrected chi connectivity index (χ3v) is 22.8. The number of ether oxygens (including phenoxy) is 7. The highest BCUT2D eigenvalue weighted by Gasteiger charge is 2.78. The van der Waals surface area contributed by atoms with Gasteiger partial charge in [0.05, 0.1) is 67.3 Å². The lowest BCUT2D eigenvalue weighted by Gasteiger charge is -2.62. The van der Waals surface area contributed by atoms with Crippen LogP contribution in [0.1, 0.15) is 161 Å². The number of fused-ring (bicyclic) bond motifs is 5. The van der Waals surface area contributed by atoms with E-state index in [1.165, 1.54) is 40.2 Å². The third-order valence-electron chi connectivity index (χ3n) is 22.8. The van der Waals surface area contributed by atoms with Gasteiger partial charge in [0.15, 0.2) is 17.7 Å². The molecule has 22 heteroatoms. The lowest BCUT2D eigenvalue weighted by molar-refractivity contribution is -0.302. The molecule has 0 radical (unpaired) electrons. The number of rotatable bonds is 16. The van der Waals surface area contributed by atoms with Gasteiger partial charge in [-0.2, -0.15) is 0 Å². The molecule has 26 atom stereocenters. The van der Waals surface area contributed by atoms with Crippen molar-refractivity contribution < 1.29 is 91.8 Å². The summed E-state index contributed by atoms with van der Waals surface area (Å²) in [6.07, 6.45) is -7.35. The lowest BCUT2D eigenvalue weighted by atomic mass is 9.45. The number of nitrogens with zero attached hydrogens (tertiary/aromatic N) is 2. The van der Waals surface area contributed by atoms with Crippen molar-refractivity contribution in [1.82, 2.24) is 15.1 Å². The average Bonchev–Trinajstić information content (AvgIpc) is 1.29. The number of nitrogens with one attached hydrogen (secondary N) is 1. The summed E-state index contributed by atoms with van der Waals surface area (Å²) in [4.78, 5) is 59.5. The standard InChI is InChI=1S/C66H109F2N3O17/c1-18-50-64(13,81)55(76)40(7)71(25-19-23-69-24-21-51(74)88-66(59(79)82-16)37(4)28-43-44-30-46(67)45-29-42(72)20-22-60(45,9)65(44,68)49(73)32-61(43,66)10)34-36(3)31-62(11,80)57(85-48-27-35(2)26-47(53(48)75)70(14)15)38(5)54(39(6)58(78)86-50)87-52-33-63(12,83-17)56(77)41(8)84-52/h20,22,35-41,43-44,47-50,52-57,69,73,75-77,80-81H,18-19,21,23-34H2,1-17H3/t35-,36-,37-,38+,39-,40-,41+,43?,44?,47+,48-,49+,50-,52?,53-,54+,55-,56+,57?,60+,61+,62-,63-,64-,65+,66+/m1/s1. The van der Waals surface area contributed by atoms with E-state index in [4.69, 9.17) is 33.2 Å². The fraction of sp³-hybridized carbons (Fsp3) is 0.879. The minimum Gasteiger partial charge on any atom is -0.466 e. The number of likely N-dealkylation sites (N-methyl/N-ethyl adjacent to an activating group) is 1. The van der Waals surface area contributed by atoms with Crippen molar-refractivity contribution in [2.24, 2.45) is 52.3 Å². The van der Waals surface area contributed by atoms with E-state index in [1.807, 2.05) is 37.7 Å². The number of aliphatic hydroxyl groups excluding tert-OH is 4. The Morgan fingerprint density at radius 3 is 2.17 bits per heavy atom. The van der Waals surface area contributed by atoms with Gasteiger partial charge in [-0.25, -0.2) is 13.6 Å². The molecule has 0 aromatic rings. The summed E-state index contributed by atoms with van der Waals surface area (Å²) >= 11 is 0. The number of esters is 3. The van der Waals surface area contributed by atoms with Gasteiger partial charge in [-0.1, -0.05) is 47.6 Å². The molecular formula is C66H109F2N3O17. The van der Waals surface area contributed by atoms with Gasteiger partial charge in [-0.05, 0) is 150 Å². The summed E-state index contributed by atoms with van der Waals surface area (Å²) < 4.78 is 78.1. The van der Waals surface area contributed by atoms with E-state index < -0.39 is 166 Å². The summed E-state index contributed by atoms with van der Waals surface area (Å²) in [5.74, 6) is -7.94. The first-order chi connectivity index (χ1) is 40.9. The summed E-state index contributed by atoms with van der Waals surface area (Å²) in [6.45, 7) is 23.7. The second-order valence-corrected chi connectivity index (χ2v) is 29.4. The minimum atomic E-state index is -2.39. The van der Waals surface area contributed by atoms with Crippen molar-refractivity contribution in [3.05, 3.63) is 23.6 Å². The van der Waals surface area contributed by atoms with Gasteiger partial charge in [0.1, 0.15) is 29.7 Å². The second kappa shape index (κ2) is 27.5. The van der Waals surface area contributed by atoms with Gasteiger partial charge in [-0.3, -0.25) is 19.3 Å².